The predicted molar refractivity (Wildman–Crippen MR) is 243 cm³/mol. The summed E-state index contributed by atoms with van der Waals surface area (Å²) in [7, 11) is 0. The number of carbonyl (C=O) groups excluding carboxylic acids is 2. The molecule has 15 heteroatoms. The van der Waals surface area contributed by atoms with Crippen LogP contribution in [0.15, 0.2) is 120 Å². The average molecular weight is 908 g/mol. The smallest absolute Gasteiger partial charge is 0.408 e. The lowest BCUT2D eigenvalue weighted by Gasteiger charge is -2.43. The Bertz CT molecular complexity index is 2620. The summed E-state index contributed by atoms with van der Waals surface area (Å²) in [6.07, 6.45) is 0.635. The zero-order chi connectivity index (χ0) is 44.6. The number of aliphatic hydroxyl groups is 1. The minimum Gasteiger partial charge on any atom is -0.506 e. The quantitative estimate of drug-likeness (QED) is 0.0443. The molecule has 5 N–H and O–H groups in total. The van der Waals surface area contributed by atoms with E-state index in [0.717, 1.165) is 54.7 Å². The fraction of sp³-hybridized carbons (Fsp3) is 0.286. The van der Waals surface area contributed by atoms with Gasteiger partial charge in [0.2, 0.25) is 5.56 Å². The Kier molecular flexibility index (Phi) is 14.3. The fourth-order valence-electron chi connectivity index (χ4n) is 8.25. The number of phenols is 1. The SMILES string of the molecule is O=C(NC(c1ccccc1)c1cccc(OCc2ccc(C(=O)OCCOc3c(Cl)cc(CNCC(O)c4ccc(O)c5[nH]c(=O)ccc45)cc3Cl)cc2)c1)O[C@H]1CN2CCC1CC2. The van der Waals surface area contributed by atoms with Crippen molar-refractivity contribution in [3.63, 3.8) is 0 Å². The van der Waals surface area contributed by atoms with E-state index in [-0.39, 0.29) is 65.1 Å². The number of phenolic OH excluding ortho intramolecular Hbond substituents is 1. The standard InChI is InChI=1S/C49H48Cl2N4O9/c50-39-23-31(26-52-27-42(57)37-13-15-41(56)46-38(37)14-16-44(58)53-46)24-40(51)47(39)61-21-22-62-48(59)34-11-9-30(10-12-34)29-63-36-8-4-7-35(25-36)45(33-5-2-1-3-6-33)54-49(60)64-43-28-55-19-17-32(43)18-20-55/h1-16,23-25,32,42-43,45,52,56-57H,17-22,26-29H2,(H,53,58)(H,54,60)/t42?,43-,45?/m0/s1. The minimum absolute atomic E-state index is 0.00731. The number of nitrogens with zero attached hydrogens (tertiary/aromatic N) is 1. The molecule has 64 heavy (non-hydrogen) atoms. The number of hydrogen-bond donors (Lipinski definition) is 5. The lowest BCUT2D eigenvalue weighted by molar-refractivity contribution is -0.0336. The molecule has 6 aromatic rings. The van der Waals surface area contributed by atoms with Crippen LogP contribution >= 0.6 is 23.2 Å². The van der Waals surface area contributed by atoms with Crippen molar-refractivity contribution in [2.24, 2.45) is 5.92 Å². The highest BCUT2D eigenvalue weighted by molar-refractivity contribution is 6.37. The molecule has 332 valence electrons. The van der Waals surface area contributed by atoms with E-state index in [1.54, 1.807) is 48.5 Å². The largest absolute Gasteiger partial charge is 0.506 e. The molecule has 0 aliphatic carbocycles. The van der Waals surface area contributed by atoms with E-state index >= 15 is 0 Å². The second-order valence-corrected chi connectivity index (χ2v) is 16.7. The molecule has 1 amide bonds. The number of aromatic nitrogens is 1. The molecule has 0 radical (unpaired) electrons. The molecular weight excluding hydrogens is 859 g/mol. The number of aliphatic hydroxyl groups excluding tert-OH is 1. The number of amides is 1. The Balaban J connectivity index is 0.785. The molecule has 2 unspecified atom stereocenters. The maximum atomic E-state index is 13.2. The van der Waals surface area contributed by atoms with Crippen LogP contribution in [-0.4, -0.2) is 77.7 Å². The van der Waals surface area contributed by atoms with Gasteiger partial charge in [0.05, 0.1) is 33.3 Å². The number of hydrogen-bond acceptors (Lipinski definition) is 11. The van der Waals surface area contributed by atoms with Crippen molar-refractivity contribution in [2.75, 3.05) is 39.4 Å². The molecule has 3 saturated heterocycles. The van der Waals surface area contributed by atoms with Gasteiger partial charge in [0.25, 0.3) is 0 Å². The van der Waals surface area contributed by atoms with Crippen LogP contribution in [0, 0.1) is 5.92 Å². The summed E-state index contributed by atoms with van der Waals surface area (Å²) in [6, 6.07) is 33.2. The van der Waals surface area contributed by atoms with Crippen LogP contribution in [0.2, 0.25) is 10.0 Å². The number of H-pyrrole nitrogens is 1. The summed E-state index contributed by atoms with van der Waals surface area (Å²) >= 11 is 13.0. The maximum absolute atomic E-state index is 13.2. The minimum atomic E-state index is -0.936. The first-order valence-electron chi connectivity index (χ1n) is 21.2. The number of esters is 1. The van der Waals surface area contributed by atoms with E-state index in [1.807, 2.05) is 54.6 Å². The normalized spacial score (nSPS) is 17.6. The molecule has 3 atom stereocenters. The average Bonchev–Trinajstić information content (AvgIpc) is 3.30. The highest BCUT2D eigenvalue weighted by Gasteiger charge is 2.37. The number of alkyl carbamates (subject to hydrolysis) is 1. The van der Waals surface area contributed by atoms with Crippen LogP contribution in [0.4, 0.5) is 4.79 Å². The predicted octanol–water partition coefficient (Wildman–Crippen LogP) is 8.09. The van der Waals surface area contributed by atoms with Crippen molar-refractivity contribution in [1.29, 1.82) is 0 Å². The molecule has 3 aliphatic rings. The third-order valence-corrected chi connectivity index (χ3v) is 12.2. The van der Waals surface area contributed by atoms with Gasteiger partial charge in [-0.1, -0.05) is 83.9 Å². The number of benzene rings is 5. The van der Waals surface area contributed by atoms with Gasteiger partial charge < -0.3 is 44.8 Å². The Morgan fingerprint density at radius 2 is 1.58 bits per heavy atom. The molecule has 1 aromatic heterocycles. The third kappa shape index (κ3) is 11.0. The van der Waals surface area contributed by atoms with Crippen LogP contribution < -0.4 is 25.7 Å². The van der Waals surface area contributed by atoms with E-state index in [4.69, 9.17) is 42.1 Å². The summed E-state index contributed by atoms with van der Waals surface area (Å²) in [5, 5.41) is 28.3. The Morgan fingerprint density at radius 1 is 0.828 bits per heavy atom. The Labute approximate surface area is 379 Å². The van der Waals surface area contributed by atoms with Crippen molar-refractivity contribution >= 4 is 46.2 Å². The third-order valence-electron chi connectivity index (χ3n) is 11.6. The number of ether oxygens (including phenoxy) is 4. The number of carbonyl (C=O) groups is 2. The number of rotatable bonds is 17. The van der Waals surface area contributed by atoms with E-state index in [1.165, 1.54) is 12.1 Å². The van der Waals surface area contributed by atoms with Gasteiger partial charge in [-0.15, -0.1) is 0 Å². The molecule has 3 fully saturated rings. The van der Waals surface area contributed by atoms with Crippen molar-refractivity contribution in [2.45, 2.75) is 44.2 Å². The number of aromatic hydroxyl groups is 1. The Morgan fingerprint density at radius 3 is 2.31 bits per heavy atom. The first-order valence-corrected chi connectivity index (χ1v) is 21.9. The number of pyridine rings is 1. The van der Waals surface area contributed by atoms with E-state index in [2.05, 4.69) is 20.5 Å². The summed E-state index contributed by atoms with van der Waals surface area (Å²) in [6.45, 7) is 3.61. The second kappa shape index (κ2) is 20.6. The van der Waals surface area contributed by atoms with E-state index in [0.29, 0.717) is 34.7 Å². The number of fused-ring (bicyclic) bond motifs is 4. The summed E-state index contributed by atoms with van der Waals surface area (Å²) < 4.78 is 23.3. The molecule has 4 heterocycles. The van der Waals surface area contributed by atoms with Crippen molar-refractivity contribution in [1.82, 2.24) is 20.5 Å². The molecule has 13 nitrogen and oxygen atoms in total. The molecular formula is C49H48Cl2N4O9. The number of piperidine rings is 3. The maximum Gasteiger partial charge on any atom is 0.408 e. The van der Waals surface area contributed by atoms with Crippen LogP contribution in [-0.2, 0) is 22.6 Å². The highest BCUT2D eigenvalue weighted by atomic mass is 35.5. The summed E-state index contributed by atoms with van der Waals surface area (Å²) in [5.41, 5.74) is 4.15. The molecule has 2 bridgehead atoms. The van der Waals surface area contributed by atoms with Crippen LogP contribution in [0.5, 0.6) is 17.2 Å². The molecule has 5 aromatic carbocycles. The zero-order valence-corrected chi connectivity index (χ0v) is 36.3. The van der Waals surface area contributed by atoms with Gasteiger partial charge in [-0.2, -0.15) is 0 Å². The first kappa shape index (κ1) is 44.5. The van der Waals surface area contributed by atoms with Gasteiger partial charge in [0, 0.05) is 31.1 Å². The van der Waals surface area contributed by atoms with Gasteiger partial charge >= 0.3 is 12.1 Å². The number of aromatic amines is 1. The van der Waals surface area contributed by atoms with E-state index < -0.39 is 24.2 Å². The zero-order valence-electron chi connectivity index (χ0n) is 34.8. The molecule has 0 saturated carbocycles. The lowest BCUT2D eigenvalue weighted by atomic mass is 9.86. The summed E-state index contributed by atoms with van der Waals surface area (Å²) in [4.78, 5) is 42.8. The molecule has 3 aliphatic heterocycles. The second-order valence-electron chi connectivity index (χ2n) is 15.9. The van der Waals surface area contributed by atoms with E-state index in [9.17, 15) is 24.6 Å². The van der Waals surface area contributed by atoms with Gasteiger partial charge in [0.1, 0.15) is 37.4 Å². The number of halogens is 2. The first-order chi connectivity index (χ1) is 31.1. The topological polar surface area (TPSA) is 172 Å². The van der Waals surface area contributed by atoms with Gasteiger partial charge in [-0.05, 0) is 108 Å². The van der Waals surface area contributed by atoms with Crippen molar-refractivity contribution in [3.8, 4) is 17.2 Å². The van der Waals surface area contributed by atoms with Crippen molar-refractivity contribution < 1.29 is 38.7 Å². The number of nitrogens with one attached hydrogen (secondary N) is 3. The monoisotopic (exact) mass is 906 g/mol. The van der Waals surface area contributed by atoms with Crippen LogP contribution in [0.3, 0.4) is 0 Å². The molecule has 9 rings (SSSR count). The van der Waals surface area contributed by atoms with Crippen molar-refractivity contribution in [3.05, 3.63) is 169 Å². The fourth-order valence-corrected chi connectivity index (χ4v) is 8.89. The highest BCUT2D eigenvalue weighted by Crippen LogP contribution is 2.35. The summed E-state index contributed by atoms with van der Waals surface area (Å²) in [5.74, 6) is 0.667. The van der Waals surface area contributed by atoms with Gasteiger partial charge in [-0.25, -0.2) is 9.59 Å². The van der Waals surface area contributed by atoms with Gasteiger partial charge in [0.15, 0.2) is 5.75 Å². The van der Waals surface area contributed by atoms with Crippen LogP contribution in [0.1, 0.15) is 63.2 Å². The molecule has 0 spiro atoms. The Hall–Kier alpha value is -6.09. The van der Waals surface area contributed by atoms with Gasteiger partial charge in [-0.3, -0.25) is 9.69 Å². The van der Waals surface area contributed by atoms with Crippen LogP contribution in [0.25, 0.3) is 10.9 Å². The lowest BCUT2D eigenvalue weighted by Crippen LogP contribution is -2.52.